The average molecular weight is 108 g/mol. The van der Waals surface area contributed by atoms with Crippen molar-refractivity contribution in [1.82, 2.24) is 0 Å². The molecule has 0 atom stereocenters. The normalized spacial score (nSPS) is 23.1. The number of rotatable bonds is 0. The number of carbonyl (C=O) groups excluding carboxylic acids is 1. The minimum atomic E-state index is 0.174. The Kier molecular flexibility index (Phi) is 1.29. The van der Waals surface area contributed by atoms with Gasteiger partial charge >= 0.3 is 0 Å². The minimum absolute atomic E-state index is 0.174. The average Bonchev–Trinajstić information content (AvgIpc) is 2.14. The van der Waals surface area contributed by atoms with E-state index in [-0.39, 0.29) is 5.78 Å². The molecule has 1 rings (SSSR count). The molecule has 1 heteroatoms. The molecule has 0 bridgehead atoms. The largest absolute Gasteiger partial charge is 0.290 e. The van der Waals surface area contributed by atoms with Crippen LogP contribution in [-0.2, 0) is 4.79 Å². The standard InChI is InChI=1S/C7H8O/c1-2-6-4-3-5-7(6)8/h2-3,5H,4H2,1H3/b6-2-. The van der Waals surface area contributed by atoms with Crippen molar-refractivity contribution in [3.63, 3.8) is 0 Å². The van der Waals surface area contributed by atoms with E-state index in [1.54, 1.807) is 6.08 Å². The Hall–Kier alpha value is -0.850. The molecule has 8 heavy (non-hydrogen) atoms. The summed E-state index contributed by atoms with van der Waals surface area (Å²) < 4.78 is 0. The summed E-state index contributed by atoms with van der Waals surface area (Å²) in [6.07, 6.45) is 6.20. The van der Waals surface area contributed by atoms with Crippen LogP contribution in [0.25, 0.3) is 0 Å². The van der Waals surface area contributed by atoms with Crippen LogP contribution in [0.5, 0.6) is 0 Å². The van der Waals surface area contributed by atoms with E-state index in [1.807, 2.05) is 19.1 Å². The molecule has 42 valence electrons. The van der Waals surface area contributed by atoms with Crippen LogP contribution >= 0.6 is 0 Å². The number of hydrogen-bond donors (Lipinski definition) is 0. The van der Waals surface area contributed by atoms with E-state index >= 15 is 0 Å². The fraction of sp³-hybridized carbons (Fsp3) is 0.286. The second-order valence-electron chi connectivity index (χ2n) is 1.78. The summed E-state index contributed by atoms with van der Waals surface area (Å²) in [5.74, 6) is 0.174. The van der Waals surface area contributed by atoms with Crippen molar-refractivity contribution >= 4 is 5.78 Å². The van der Waals surface area contributed by atoms with E-state index in [4.69, 9.17) is 0 Å². The zero-order chi connectivity index (χ0) is 5.98. The lowest BCUT2D eigenvalue weighted by Crippen LogP contribution is -1.88. The van der Waals surface area contributed by atoms with Gasteiger partial charge in [0.25, 0.3) is 0 Å². The predicted octanol–water partition coefficient (Wildman–Crippen LogP) is 1.46. The van der Waals surface area contributed by atoms with Crippen molar-refractivity contribution < 1.29 is 4.79 Å². The van der Waals surface area contributed by atoms with E-state index in [1.165, 1.54) is 0 Å². The molecule has 0 heterocycles. The quantitative estimate of drug-likeness (QED) is 0.429. The van der Waals surface area contributed by atoms with Crippen LogP contribution < -0.4 is 0 Å². The van der Waals surface area contributed by atoms with Crippen molar-refractivity contribution in [1.29, 1.82) is 0 Å². The minimum Gasteiger partial charge on any atom is -0.290 e. The van der Waals surface area contributed by atoms with Crippen molar-refractivity contribution in [2.75, 3.05) is 0 Å². The SMILES string of the molecule is C/C=C1/CC=CC1=O. The topological polar surface area (TPSA) is 17.1 Å². The Morgan fingerprint density at radius 2 is 2.50 bits per heavy atom. The van der Waals surface area contributed by atoms with Crippen LogP contribution in [0.15, 0.2) is 23.8 Å². The third kappa shape index (κ3) is 0.713. The number of carbonyl (C=O) groups is 1. The van der Waals surface area contributed by atoms with Crippen LogP contribution in [-0.4, -0.2) is 5.78 Å². The van der Waals surface area contributed by atoms with Crippen molar-refractivity contribution in [3.8, 4) is 0 Å². The van der Waals surface area contributed by atoms with Crippen LogP contribution in [0.4, 0.5) is 0 Å². The van der Waals surface area contributed by atoms with Gasteiger partial charge in [0.2, 0.25) is 0 Å². The molecule has 0 saturated carbocycles. The molecular formula is C7H8O. The van der Waals surface area contributed by atoms with E-state index < -0.39 is 0 Å². The second-order valence-corrected chi connectivity index (χ2v) is 1.78. The molecule has 0 amide bonds. The zero-order valence-corrected chi connectivity index (χ0v) is 4.85. The summed E-state index contributed by atoms with van der Waals surface area (Å²) in [6, 6.07) is 0. The Morgan fingerprint density at radius 3 is 2.75 bits per heavy atom. The first kappa shape index (κ1) is 5.29. The Labute approximate surface area is 48.7 Å². The first-order valence-electron chi connectivity index (χ1n) is 2.70. The fourth-order valence-electron chi connectivity index (χ4n) is 0.761. The van der Waals surface area contributed by atoms with E-state index in [0.29, 0.717) is 0 Å². The summed E-state index contributed by atoms with van der Waals surface area (Å²) in [5.41, 5.74) is 0.921. The molecule has 0 saturated heterocycles. The maximum Gasteiger partial charge on any atom is 0.181 e. The predicted molar refractivity (Wildman–Crippen MR) is 32.5 cm³/mol. The summed E-state index contributed by atoms with van der Waals surface area (Å²) in [6.45, 7) is 1.89. The van der Waals surface area contributed by atoms with Gasteiger partial charge in [-0.1, -0.05) is 12.2 Å². The Morgan fingerprint density at radius 1 is 1.75 bits per heavy atom. The number of ketones is 1. The van der Waals surface area contributed by atoms with Gasteiger partial charge < -0.3 is 0 Å². The number of hydrogen-bond acceptors (Lipinski definition) is 1. The highest BCUT2D eigenvalue weighted by Crippen LogP contribution is 2.11. The lowest BCUT2D eigenvalue weighted by atomic mass is 10.2. The molecule has 0 aromatic rings. The summed E-state index contributed by atoms with van der Waals surface area (Å²) in [4.78, 5) is 10.7. The van der Waals surface area contributed by atoms with Gasteiger partial charge in [0.05, 0.1) is 0 Å². The smallest absolute Gasteiger partial charge is 0.181 e. The maximum absolute atomic E-state index is 10.7. The molecule has 0 unspecified atom stereocenters. The molecule has 1 aliphatic rings. The molecule has 0 spiro atoms. The van der Waals surface area contributed by atoms with Crippen LogP contribution in [0.3, 0.4) is 0 Å². The van der Waals surface area contributed by atoms with Crippen molar-refractivity contribution in [2.45, 2.75) is 13.3 Å². The third-order valence-electron chi connectivity index (χ3n) is 1.27. The highest BCUT2D eigenvalue weighted by Gasteiger charge is 2.07. The second kappa shape index (κ2) is 1.95. The fourth-order valence-corrected chi connectivity index (χ4v) is 0.761. The highest BCUT2D eigenvalue weighted by atomic mass is 16.1. The summed E-state index contributed by atoms with van der Waals surface area (Å²) in [5, 5.41) is 0. The first-order chi connectivity index (χ1) is 3.84. The first-order valence-corrected chi connectivity index (χ1v) is 2.70. The molecule has 0 aliphatic heterocycles. The molecular weight excluding hydrogens is 100 g/mol. The van der Waals surface area contributed by atoms with Crippen LogP contribution in [0.1, 0.15) is 13.3 Å². The van der Waals surface area contributed by atoms with E-state index in [9.17, 15) is 4.79 Å². The van der Waals surface area contributed by atoms with Crippen molar-refractivity contribution in [2.24, 2.45) is 0 Å². The van der Waals surface area contributed by atoms with Gasteiger partial charge in [0, 0.05) is 0 Å². The molecule has 0 N–H and O–H groups in total. The molecule has 0 aromatic heterocycles. The molecule has 0 radical (unpaired) electrons. The van der Waals surface area contributed by atoms with Gasteiger partial charge in [-0.15, -0.1) is 0 Å². The van der Waals surface area contributed by atoms with Crippen LogP contribution in [0, 0.1) is 0 Å². The number of allylic oxidation sites excluding steroid dienone is 4. The highest BCUT2D eigenvalue weighted by molar-refractivity contribution is 6.06. The van der Waals surface area contributed by atoms with Gasteiger partial charge in [-0.25, -0.2) is 0 Å². The third-order valence-corrected chi connectivity index (χ3v) is 1.27. The van der Waals surface area contributed by atoms with Gasteiger partial charge in [-0.2, -0.15) is 0 Å². The lowest BCUT2D eigenvalue weighted by Gasteiger charge is -1.85. The molecule has 0 aromatic carbocycles. The molecule has 0 fully saturated rings. The zero-order valence-electron chi connectivity index (χ0n) is 4.85. The van der Waals surface area contributed by atoms with Gasteiger partial charge in [0.15, 0.2) is 5.78 Å². The summed E-state index contributed by atoms with van der Waals surface area (Å²) in [7, 11) is 0. The van der Waals surface area contributed by atoms with E-state index in [2.05, 4.69) is 0 Å². The van der Waals surface area contributed by atoms with Crippen LogP contribution in [0.2, 0.25) is 0 Å². The molecule has 1 nitrogen and oxygen atoms in total. The van der Waals surface area contributed by atoms with Gasteiger partial charge in [-0.3, -0.25) is 4.79 Å². The van der Waals surface area contributed by atoms with Crippen molar-refractivity contribution in [3.05, 3.63) is 23.8 Å². The van der Waals surface area contributed by atoms with Gasteiger partial charge in [0.1, 0.15) is 0 Å². The van der Waals surface area contributed by atoms with Gasteiger partial charge in [-0.05, 0) is 25.0 Å². The summed E-state index contributed by atoms with van der Waals surface area (Å²) >= 11 is 0. The lowest BCUT2D eigenvalue weighted by molar-refractivity contribution is -0.111. The molecule has 1 aliphatic carbocycles. The van der Waals surface area contributed by atoms with E-state index in [0.717, 1.165) is 12.0 Å². The monoisotopic (exact) mass is 108 g/mol. The maximum atomic E-state index is 10.7. The Bertz CT molecular complexity index is 163. The Balaban J connectivity index is 2.79.